The van der Waals surface area contributed by atoms with Crippen molar-refractivity contribution in [1.82, 2.24) is 0 Å². The van der Waals surface area contributed by atoms with Crippen LogP contribution >= 0.6 is 0 Å². The monoisotopic (exact) mass is 124 g/mol. The molecule has 0 aliphatic rings. The topological polar surface area (TPSA) is 20.2 Å². The standard InChI is InChI=1S/C4H3F3O/c1-2-3(8)4(5,6)7/h1,3,8H. The van der Waals surface area contributed by atoms with Gasteiger partial charge in [0.2, 0.25) is 6.10 Å². The van der Waals surface area contributed by atoms with Gasteiger partial charge in [-0.3, -0.25) is 0 Å². The molecular weight excluding hydrogens is 121 g/mol. The van der Waals surface area contributed by atoms with Gasteiger partial charge in [-0.15, -0.1) is 6.42 Å². The number of hydrogen-bond donors (Lipinski definition) is 1. The number of hydrogen-bond acceptors (Lipinski definition) is 1. The van der Waals surface area contributed by atoms with E-state index in [2.05, 4.69) is 6.42 Å². The zero-order valence-corrected chi connectivity index (χ0v) is 3.74. The number of terminal acetylenes is 1. The SMILES string of the molecule is C#CC(O)C(F)(F)F. The van der Waals surface area contributed by atoms with Crippen LogP contribution in [-0.4, -0.2) is 17.4 Å². The van der Waals surface area contributed by atoms with E-state index in [1.165, 1.54) is 0 Å². The Balaban J connectivity index is 3.87. The summed E-state index contributed by atoms with van der Waals surface area (Å²) in [6.45, 7) is 0. The van der Waals surface area contributed by atoms with Crippen LogP contribution < -0.4 is 0 Å². The first-order valence-corrected chi connectivity index (χ1v) is 1.69. The van der Waals surface area contributed by atoms with Crippen LogP contribution in [0.4, 0.5) is 13.2 Å². The third-order valence-corrected chi connectivity index (χ3v) is 0.468. The third-order valence-electron chi connectivity index (χ3n) is 0.468. The van der Waals surface area contributed by atoms with E-state index in [1.54, 1.807) is 0 Å². The van der Waals surface area contributed by atoms with E-state index in [-0.39, 0.29) is 0 Å². The van der Waals surface area contributed by atoms with Gasteiger partial charge in [0.25, 0.3) is 0 Å². The summed E-state index contributed by atoms with van der Waals surface area (Å²) in [4.78, 5) is 0. The minimum atomic E-state index is -4.67. The predicted molar refractivity (Wildman–Crippen MR) is 20.9 cm³/mol. The molecule has 0 fully saturated rings. The van der Waals surface area contributed by atoms with Crippen LogP contribution in [0.2, 0.25) is 0 Å². The molecule has 0 aliphatic carbocycles. The van der Waals surface area contributed by atoms with Crippen molar-refractivity contribution >= 4 is 0 Å². The first-order valence-electron chi connectivity index (χ1n) is 1.69. The highest BCUT2D eigenvalue weighted by atomic mass is 19.4. The lowest BCUT2D eigenvalue weighted by atomic mass is 10.4. The highest BCUT2D eigenvalue weighted by Gasteiger charge is 2.36. The second-order valence-corrected chi connectivity index (χ2v) is 1.11. The average molecular weight is 124 g/mol. The van der Waals surface area contributed by atoms with Crippen LogP contribution in [0.25, 0.3) is 0 Å². The molecule has 0 aromatic heterocycles. The number of halogens is 3. The Kier molecular flexibility index (Phi) is 1.88. The Bertz CT molecular complexity index is 109. The summed E-state index contributed by atoms with van der Waals surface area (Å²) >= 11 is 0. The van der Waals surface area contributed by atoms with Gasteiger partial charge in [0.1, 0.15) is 0 Å². The largest absolute Gasteiger partial charge is 0.425 e. The molecule has 1 nitrogen and oxygen atoms in total. The molecule has 1 N–H and O–H groups in total. The minimum absolute atomic E-state index is 1.14. The minimum Gasteiger partial charge on any atom is -0.372 e. The summed E-state index contributed by atoms with van der Waals surface area (Å²) in [7, 11) is 0. The average Bonchev–Trinajstić information content (AvgIpc) is 1.62. The number of aliphatic hydroxyl groups is 1. The Labute approximate surface area is 44.1 Å². The molecule has 0 radical (unpaired) electrons. The lowest BCUT2D eigenvalue weighted by Gasteiger charge is -2.05. The van der Waals surface area contributed by atoms with E-state index >= 15 is 0 Å². The number of aliphatic hydroxyl groups excluding tert-OH is 1. The second-order valence-electron chi connectivity index (χ2n) is 1.11. The fourth-order valence-electron chi connectivity index (χ4n) is 0.0945. The molecule has 1 atom stereocenters. The molecule has 0 spiro atoms. The Morgan fingerprint density at radius 2 is 1.88 bits per heavy atom. The molecule has 8 heavy (non-hydrogen) atoms. The number of rotatable bonds is 0. The Morgan fingerprint density at radius 3 is 1.88 bits per heavy atom. The van der Waals surface area contributed by atoms with Crippen LogP contribution in [0.3, 0.4) is 0 Å². The molecule has 1 unspecified atom stereocenters. The molecule has 0 aliphatic heterocycles. The van der Waals surface area contributed by atoms with E-state index in [4.69, 9.17) is 5.11 Å². The molecule has 46 valence electrons. The maximum Gasteiger partial charge on any atom is 0.425 e. The Hall–Kier alpha value is -0.690. The molecule has 0 saturated carbocycles. The van der Waals surface area contributed by atoms with Crippen molar-refractivity contribution in [2.24, 2.45) is 0 Å². The van der Waals surface area contributed by atoms with Crippen molar-refractivity contribution in [3.05, 3.63) is 0 Å². The van der Waals surface area contributed by atoms with Crippen LogP contribution in [0.15, 0.2) is 0 Å². The molecule has 0 amide bonds. The zero-order valence-electron chi connectivity index (χ0n) is 3.74. The van der Waals surface area contributed by atoms with Crippen LogP contribution in [0, 0.1) is 12.3 Å². The van der Waals surface area contributed by atoms with Gasteiger partial charge in [-0.05, 0) is 0 Å². The molecular formula is C4H3F3O. The van der Waals surface area contributed by atoms with Gasteiger partial charge < -0.3 is 5.11 Å². The zero-order chi connectivity index (χ0) is 6.78. The van der Waals surface area contributed by atoms with E-state index < -0.39 is 12.3 Å². The van der Waals surface area contributed by atoms with Crippen LogP contribution in [0.1, 0.15) is 0 Å². The fraction of sp³-hybridized carbons (Fsp3) is 0.500. The normalized spacial score (nSPS) is 14.9. The molecule has 0 bridgehead atoms. The molecule has 0 rings (SSSR count). The van der Waals surface area contributed by atoms with Gasteiger partial charge in [0.05, 0.1) is 0 Å². The summed E-state index contributed by atoms with van der Waals surface area (Å²) in [5.74, 6) is 1.14. The molecule has 4 heteroatoms. The van der Waals surface area contributed by atoms with Gasteiger partial charge in [-0.2, -0.15) is 13.2 Å². The van der Waals surface area contributed by atoms with Crippen LogP contribution in [0.5, 0.6) is 0 Å². The van der Waals surface area contributed by atoms with Crippen molar-refractivity contribution in [2.45, 2.75) is 12.3 Å². The van der Waals surface area contributed by atoms with Crippen molar-refractivity contribution in [2.75, 3.05) is 0 Å². The van der Waals surface area contributed by atoms with Crippen molar-refractivity contribution < 1.29 is 18.3 Å². The van der Waals surface area contributed by atoms with Gasteiger partial charge in [-0.25, -0.2) is 0 Å². The summed E-state index contributed by atoms with van der Waals surface area (Å²) in [6, 6.07) is 0. The summed E-state index contributed by atoms with van der Waals surface area (Å²) in [5, 5.41) is 7.83. The quantitative estimate of drug-likeness (QED) is 0.467. The number of alkyl halides is 3. The summed E-state index contributed by atoms with van der Waals surface area (Å²) in [6.07, 6.45) is -3.06. The summed E-state index contributed by atoms with van der Waals surface area (Å²) < 4.78 is 33.2. The van der Waals surface area contributed by atoms with Gasteiger partial charge in [0.15, 0.2) is 0 Å². The lowest BCUT2D eigenvalue weighted by molar-refractivity contribution is -0.184. The van der Waals surface area contributed by atoms with Crippen LogP contribution in [-0.2, 0) is 0 Å². The molecule has 0 aromatic rings. The summed E-state index contributed by atoms with van der Waals surface area (Å²) in [5.41, 5.74) is 0. The fourth-order valence-corrected chi connectivity index (χ4v) is 0.0945. The predicted octanol–water partition coefficient (Wildman–Crippen LogP) is 0.543. The Morgan fingerprint density at radius 1 is 1.50 bits per heavy atom. The first kappa shape index (κ1) is 7.31. The molecule has 0 saturated heterocycles. The smallest absolute Gasteiger partial charge is 0.372 e. The molecule has 0 heterocycles. The van der Waals surface area contributed by atoms with E-state index in [0.29, 0.717) is 0 Å². The molecule has 0 aromatic carbocycles. The van der Waals surface area contributed by atoms with Crippen molar-refractivity contribution in [3.8, 4) is 12.3 Å². The maximum absolute atomic E-state index is 11.1. The van der Waals surface area contributed by atoms with E-state index in [9.17, 15) is 13.2 Å². The highest BCUT2D eigenvalue weighted by molar-refractivity contribution is 4.97. The van der Waals surface area contributed by atoms with E-state index in [1.807, 2.05) is 0 Å². The van der Waals surface area contributed by atoms with Gasteiger partial charge in [0, 0.05) is 0 Å². The van der Waals surface area contributed by atoms with E-state index in [0.717, 1.165) is 5.92 Å². The van der Waals surface area contributed by atoms with Gasteiger partial charge in [-0.1, -0.05) is 5.92 Å². The lowest BCUT2D eigenvalue weighted by Crippen LogP contribution is -2.26. The van der Waals surface area contributed by atoms with Crippen molar-refractivity contribution in [1.29, 1.82) is 0 Å². The van der Waals surface area contributed by atoms with Crippen molar-refractivity contribution in [3.63, 3.8) is 0 Å². The first-order chi connectivity index (χ1) is 3.48. The second kappa shape index (κ2) is 2.05. The third kappa shape index (κ3) is 1.85. The maximum atomic E-state index is 11.1. The van der Waals surface area contributed by atoms with Gasteiger partial charge >= 0.3 is 6.18 Å². The highest BCUT2D eigenvalue weighted by Crippen LogP contribution is 2.18.